The van der Waals surface area contributed by atoms with Gasteiger partial charge in [0.1, 0.15) is 18.2 Å². The zero-order chi connectivity index (χ0) is 27.6. The summed E-state index contributed by atoms with van der Waals surface area (Å²) in [7, 11) is 0. The van der Waals surface area contributed by atoms with Crippen LogP contribution in [0.15, 0.2) is 79.6 Å². The van der Waals surface area contributed by atoms with E-state index in [0.717, 1.165) is 0 Å². The van der Waals surface area contributed by atoms with Crippen molar-refractivity contribution in [1.82, 2.24) is 19.5 Å². The van der Waals surface area contributed by atoms with Crippen LogP contribution < -0.4 is 5.73 Å². The summed E-state index contributed by atoms with van der Waals surface area (Å²) >= 11 is 6.27. The minimum absolute atomic E-state index is 0.0516. The topological polar surface area (TPSA) is 131 Å². The molecule has 11 heteroatoms. The molecule has 4 aromatic rings. The van der Waals surface area contributed by atoms with Crippen LogP contribution >= 0.6 is 11.6 Å². The number of esters is 2. The average molecular weight is 548 g/mol. The van der Waals surface area contributed by atoms with Crippen molar-refractivity contribution < 1.29 is 23.8 Å². The Morgan fingerprint density at radius 2 is 1.74 bits per heavy atom. The Bertz CT molecular complexity index is 1510. The van der Waals surface area contributed by atoms with E-state index in [4.69, 9.17) is 31.5 Å². The average Bonchev–Trinajstić information content (AvgIpc) is 3.47. The standard InChI is InChI=1S/C28H26ClN5O5/c1-3-14-28(39-25(36)19-12-8-5-9-13-19)17(2)20(15-37-24(35)18-10-6-4-7-11-18)38-26(28)34-16-31-21-22(29)32-27(30)33-23(21)34/h3-13,16-17,20,26H,1,14-15H2,2H3,(H2,30,32,33)/t17?,20?,26?,28-/m1/s1. The van der Waals surface area contributed by atoms with Gasteiger partial charge in [-0.25, -0.2) is 14.6 Å². The van der Waals surface area contributed by atoms with Gasteiger partial charge in [0.2, 0.25) is 5.95 Å². The van der Waals surface area contributed by atoms with Gasteiger partial charge in [-0.05, 0) is 24.3 Å². The molecule has 0 amide bonds. The molecule has 4 atom stereocenters. The molecule has 2 N–H and O–H groups in total. The number of benzene rings is 2. The van der Waals surface area contributed by atoms with Crippen molar-refractivity contribution in [3.8, 4) is 0 Å². The Hall–Kier alpha value is -4.28. The number of nitrogens with zero attached hydrogens (tertiary/aromatic N) is 4. The van der Waals surface area contributed by atoms with Gasteiger partial charge in [-0.15, -0.1) is 6.58 Å². The fourth-order valence-corrected chi connectivity index (χ4v) is 5.03. The van der Waals surface area contributed by atoms with E-state index >= 15 is 0 Å². The summed E-state index contributed by atoms with van der Waals surface area (Å²) < 4.78 is 20.0. The van der Waals surface area contributed by atoms with Crippen LogP contribution in [0.5, 0.6) is 0 Å². The van der Waals surface area contributed by atoms with E-state index in [1.54, 1.807) is 59.2 Å². The molecule has 1 aliphatic rings. The molecule has 10 nitrogen and oxygen atoms in total. The summed E-state index contributed by atoms with van der Waals surface area (Å²) in [5.74, 6) is -1.55. The summed E-state index contributed by atoms with van der Waals surface area (Å²) in [5, 5.41) is 0.0752. The van der Waals surface area contributed by atoms with E-state index in [0.29, 0.717) is 22.3 Å². The van der Waals surface area contributed by atoms with Crippen molar-refractivity contribution in [2.75, 3.05) is 12.3 Å². The van der Waals surface area contributed by atoms with Crippen LogP contribution in [-0.4, -0.2) is 49.8 Å². The van der Waals surface area contributed by atoms with Crippen LogP contribution in [0.2, 0.25) is 5.15 Å². The second kappa shape index (κ2) is 10.8. The molecule has 0 saturated carbocycles. The molecule has 1 saturated heterocycles. The summed E-state index contributed by atoms with van der Waals surface area (Å²) in [6.07, 6.45) is 1.76. The lowest BCUT2D eigenvalue weighted by atomic mass is 9.83. The highest BCUT2D eigenvalue weighted by Gasteiger charge is 2.58. The Morgan fingerprint density at radius 3 is 2.38 bits per heavy atom. The van der Waals surface area contributed by atoms with Crippen LogP contribution in [-0.2, 0) is 14.2 Å². The lowest BCUT2D eigenvalue weighted by Gasteiger charge is -2.36. The largest absolute Gasteiger partial charge is 0.459 e. The maximum atomic E-state index is 13.4. The van der Waals surface area contributed by atoms with Crippen LogP contribution in [0, 0.1) is 5.92 Å². The van der Waals surface area contributed by atoms with Crippen molar-refractivity contribution >= 4 is 40.7 Å². The first kappa shape index (κ1) is 26.3. The van der Waals surface area contributed by atoms with Crippen LogP contribution in [0.25, 0.3) is 11.2 Å². The van der Waals surface area contributed by atoms with Gasteiger partial charge in [0.05, 0.1) is 17.5 Å². The molecule has 2 aromatic heterocycles. The Kier molecular flexibility index (Phi) is 7.32. The molecule has 1 aliphatic heterocycles. The SMILES string of the molecule is C=CC[C@@]1(OC(=O)c2ccccc2)C(C)C(COC(=O)c2ccccc2)OC1n1cnc2c(Cl)nc(N)nc21. The molecule has 0 radical (unpaired) electrons. The Labute approximate surface area is 229 Å². The zero-order valence-electron chi connectivity index (χ0n) is 21.1. The quantitative estimate of drug-likeness (QED) is 0.190. The number of nitrogen functional groups attached to an aromatic ring is 1. The number of carbonyl (C=O) groups excluding carboxylic acids is 2. The van der Waals surface area contributed by atoms with E-state index in [1.807, 2.05) is 19.1 Å². The zero-order valence-corrected chi connectivity index (χ0v) is 21.8. The Balaban J connectivity index is 1.54. The molecule has 3 heterocycles. The first-order valence-electron chi connectivity index (χ1n) is 12.3. The summed E-state index contributed by atoms with van der Waals surface area (Å²) in [6, 6.07) is 17.3. The van der Waals surface area contributed by atoms with Gasteiger partial charge < -0.3 is 19.9 Å². The van der Waals surface area contributed by atoms with E-state index in [1.165, 1.54) is 6.33 Å². The van der Waals surface area contributed by atoms with Gasteiger partial charge >= 0.3 is 11.9 Å². The number of nitrogens with two attached hydrogens (primary N) is 1. The maximum absolute atomic E-state index is 13.4. The molecule has 200 valence electrons. The molecular formula is C28H26ClN5O5. The van der Waals surface area contributed by atoms with Gasteiger partial charge in [0, 0.05) is 12.3 Å². The molecule has 0 bridgehead atoms. The summed E-state index contributed by atoms with van der Waals surface area (Å²) in [6.45, 7) is 5.69. The van der Waals surface area contributed by atoms with E-state index < -0.39 is 35.8 Å². The number of hydrogen-bond acceptors (Lipinski definition) is 9. The third-order valence-corrected chi connectivity index (χ3v) is 7.11. The van der Waals surface area contributed by atoms with Crippen molar-refractivity contribution in [1.29, 1.82) is 0 Å². The lowest BCUT2D eigenvalue weighted by molar-refractivity contribution is -0.105. The van der Waals surface area contributed by atoms with E-state index in [2.05, 4.69) is 21.5 Å². The predicted octanol–water partition coefficient (Wildman–Crippen LogP) is 4.62. The van der Waals surface area contributed by atoms with Crippen molar-refractivity contribution in [3.63, 3.8) is 0 Å². The monoisotopic (exact) mass is 547 g/mol. The number of rotatable bonds is 8. The number of hydrogen-bond donors (Lipinski definition) is 1. The van der Waals surface area contributed by atoms with E-state index in [9.17, 15) is 9.59 Å². The summed E-state index contributed by atoms with van der Waals surface area (Å²) in [5.41, 5.74) is 5.99. The fraction of sp³-hybridized carbons (Fsp3) is 0.250. The second-order valence-electron chi connectivity index (χ2n) is 9.18. The first-order chi connectivity index (χ1) is 18.8. The number of anilines is 1. The first-order valence-corrected chi connectivity index (χ1v) is 12.6. The molecular weight excluding hydrogens is 522 g/mol. The molecule has 1 fully saturated rings. The molecule has 39 heavy (non-hydrogen) atoms. The van der Waals surface area contributed by atoms with Crippen LogP contribution in [0.4, 0.5) is 5.95 Å². The number of fused-ring (bicyclic) bond motifs is 1. The van der Waals surface area contributed by atoms with Crippen molar-refractivity contribution in [2.24, 2.45) is 5.92 Å². The van der Waals surface area contributed by atoms with Crippen LogP contribution in [0.1, 0.15) is 40.3 Å². The lowest BCUT2D eigenvalue weighted by Crippen LogP contribution is -2.46. The molecule has 2 aromatic carbocycles. The van der Waals surface area contributed by atoms with Crippen molar-refractivity contribution in [2.45, 2.75) is 31.3 Å². The van der Waals surface area contributed by atoms with Crippen LogP contribution in [0.3, 0.4) is 0 Å². The van der Waals surface area contributed by atoms with Gasteiger partial charge in [-0.2, -0.15) is 9.97 Å². The minimum Gasteiger partial charge on any atom is -0.459 e. The highest BCUT2D eigenvalue weighted by molar-refractivity contribution is 6.33. The minimum atomic E-state index is -1.28. The van der Waals surface area contributed by atoms with E-state index in [-0.39, 0.29) is 24.1 Å². The predicted molar refractivity (Wildman–Crippen MR) is 144 cm³/mol. The highest BCUT2D eigenvalue weighted by atomic mass is 35.5. The Morgan fingerprint density at radius 1 is 1.10 bits per heavy atom. The number of aromatic nitrogens is 4. The van der Waals surface area contributed by atoms with Gasteiger partial charge in [0.15, 0.2) is 22.6 Å². The number of ether oxygens (including phenoxy) is 3. The molecule has 5 rings (SSSR count). The normalized spacial score (nSPS) is 22.5. The smallest absolute Gasteiger partial charge is 0.338 e. The second-order valence-corrected chi connectivity index (χ2v) is 9.54. The van der Waals surface area contributed by atoms with Gasteiger partial charge in [-0.3, -0.25) is 4.57 Å². The molecule has 0 aliphatic carbocycles. The highest BCUT2D eigenvalue weighted by Crippen LogP contribution is 2.49. The van der Waals surface area contributed by atoms with Crippen molar-refractivity contribution in [3.05, 3.63) is 95.9 Å². The number of halogens is 1. The third kappa shape index (κ3) is 4.96. The summed E-state index contributed by atoms with van der Waals surface area (Å²) in [4.78, 5) is 38.7. The number of carbonyl (C=O) groups is 2. The fourth-order valence-electron chi connectivity index (χ4n) is 4.81. The number of imidazole rings is 1. The molecule has 3 unspecified atom stereocenters. The van der Waals surface area contributed by atoms with Gasteiger partial charge in [-0.1, -0.05) is 61.0 Å². The maximum Gasteiger partial charge on any atom is 0.338 e. The molecule has 0 spiro atoms. The third-order valence-electron chi connectivity index (χ3n) is 6.84. The van der Waals surface area contributed by atoms with Gasteiger partial charge in [0.25, 0.3) is 0 Å².